The van der Waals surface area contributed by atoms with Gasteiger partial charge >= 0.3 is 0 Å². The van der Waals surface area contributed by atoms with Gasteiger partial charge in [-0.25, -0.2) is 4.98 Å². The van der Waals surface area contributed by atoms with Gasteiger partial charge in [0.15, 0.2) is 0 Å². The molecule has 0 saturated heterocycles. The van der Waals surface area contributed by atoms with Crippen molar-refractivity contribution >= 4 is 0 Å². The number of rotatable bonds is 4. The van der Waals surface area contributed by atoms with Crippen LogP contribution in [0, 0.1) is 0 Å². The zero-order valence-electron chi connectivity index (χ0n) is 10.2. The fourth-order valence-corrected chi connectivity index (χ4v) is 2.11. The minimum Gasteiger partial charge on any atom is -0.330 e. The molecule has 0 bridgehead atoms. The standard InChI is InChI=1S/C13H21N3/c1-3-11(2)13-8-15-10-16(13)9-12-4-6-14-7-5-12/h4,8,10-11,14H,3,5-7,9H2,1-2H3. The summed E-state index contributed by atoms with van der Waals surface area (Å²) in [5.41, 5.74) is 2.89. The van der Waals surface area contributed by atoms with Crippen LogP contribution in [0.1, 0.15) is 38.3 Å². The Morgan fingerprint density at radius 2 is 2.44 bits per heavy atom. The molecule has 88 valence electrons. The third-order valence-electron chi connectivity index (χ3n) is 3.39. The Bertz CT molecular complexity index is 365. The third-order valence-corrected chi connectivity index (χ3v) is 3.39. The second kappa shape index (κ2) is 5.30. The summed E-state index contributed by atoms with van der Waals surface area (Å²) in [5, 5.41) is 3.34. The van der Waals surface area contributed by atoms with E-state index in [9.17, 15) is 0 Å². The number of hydrogen-bond acceptors (Lipinski definition) is 2. The Kier molecular flexibility index (Phi) is 3.78. The molecule has 1 aromatic rings. The van der Waals surface area contributed by atoms with E-state index in [2.05, 4.69) is 34.8 Å². The molecule has 1 atom stereocenters. The number of aromatic nitrogens is 2. The lowest BCUT2D eigenvalue weighted by Crippen LogP contribution is -2.22. The van der Waals surface area contributed by atoms with Crippen LogP contribution < -0.4 is 5.32 Å². The first-order valence-corrected chi connectivity index (χ1v) is 6.20. The Hall–Kier alpha value is -1.09. The normalized spacial score (nSPS) is 18.2. The number of imidazole rings is 1. The van der Waals surface area contributed by atoms with Crippen molar-refractivity contribution in [3.05, 3.63) is 29.9 Å². The summed E-state index contributed by atoms with van der Waals surface area (Å²) in [7, 11) is 0. The lowest BCUT2D eigenvalue weighted by Gasteiger charge is -2.17. The Morgan fingerprint density at radius 1 is 1.56 bits per heavy atom. The van der Waals surface area contributed by atoms with Gasteiger partial charge in [0.2, 0.25) is 0 Å². The molecule has 1 N–H and O–H groups in total. The molecule has 0 amide bonds. The first-order chi connectivity index (χ1) is 7.81. The van der Waals surface area contributed by atoms with Crippen molar-refractivity contribution in [3.8, 4) is 0 Å². The molecule has 2 rings (SSSR count). The van der Waals surface area contributed by atoms with Crippen molar-refractivity contribution in [1.82, 2.24) is 14.9 Å². The molecule has 0 spiro atoms. The van der Waals surface area contributed by atoms with E-state index < -0.39 is 0 Å². The van der Waals surface area contributed by atoms with Gasteiger partial charge in [-0.05, 0) is 25.3 Å². The fourth-order valence-electron chi connectivity index (χ4n) is 2.11. The molecule has 2 heterocycles. The van der Waals surface area contributed by atoms with Crippen molar-refractivity contribution < 1.29 is 0 Å². The molecule has 1 unspecified atom stereocenters. The lowest BCUT2D eigenvalue weighted by molar-refractivity contribution is 0.605. The van der Waals surface area contributed by atoms with Gasteiger partial charge in [0, 0.05) is 25.0 Å². The number of nitrogens with one attached hydrogen (secondary N) is 1. The highest BCUT2D eigenvalue weighted by Crippen LogP contribution is 2.19. The predicted octanol–water partition coefficient (Wildman–Crippen LogP) is 2.32. The van der Waals surface area contributed by atoms with Crippen molar-refractivity contribution in [2.75, 3.05) is 13.1 Å². The van der Waals surface area contributed by atoms with Crippen molar-refractivity contribution in [2.24, 2.45) is 0 Å². The zero-order chi connectivity index (χ0) is 11.4. The Balaban J connectivity index is 2.09. The molecule has 16 heavy (non-hydrogen) atoms. The van der Waals surface area contributed by atoms with E-state index in [1.807, 2.05) is 12.5 Å². The van der Waals surface area contributed by atoms with E-state index in [0.717, 1.165) is 26.1 Å². The maximum absolute atomic E-state index is 4.28. The molecule has 3 heteroatoms. The molecule has 1 aliphatic heterocycles. The lowest BCUT2D eigenvalue weighted by atomic mass is 10.0. The molecular formula is C13H21N3. The van der Waals surface area contributed by atoms with Gasteiger partial charge < -0.3 is 9.88 Å². The molecule has 0 saturated carbocycles. The van der Waals surface area contributed by atoms with Crippen molar-refractivity contribution in [2.45, 2.75) is 39.2 Å². The summed E-state index contributed by atoms with van der Waals surface area (Å²) >= 11 is 0. The molecule has 0 radical (unpaired) electrons. The Labute approximate surface area is 97.6 Å². The zero-order valence-corrected chi connectivity index (χ0v) is 10.2. The molecular weight excluding hydrogens is 198 g/mol. The first kappa shape index (κ1) is 11.4. The van der Waals surface area contributed by atoms with E-state index in [0.29, 0.717) is 5.92 Å². The predicted molar refractivity (Wildman–Crippen MR) is 66.5 cm³/mol. The second-order valence-electron chi connectivity index (χ2n) is 4.57. The quantitative estimate of drug-likeness (QED) is 0.788. The van der Waals surface area contributed by atoms with Crippen molar-refractivity contribution in [3.63, 3.8) is 0 Å². The van der Waals surface area contributed by atoms with Gasteiger partial charge in [-0.2, -0.15) is 0 Å². The average molecular weight is 219 g/mol. The van der Waals surface area contributed by atoms with E-state index in [-0.39, 0.29) is 0 Å². The van der Waals surface area contributed by atoms with E-state index in [1.54, 1.807) is 0 Å². The summed E-state index contributed by atoms with van der Waals surface area (Å²) in [5.74, 6) is 0.602. The fraction of sp³-hybridized carbons (Fsp3) is 0.615. The van der Waals surface area contributed by atoms with E-state index in [1.165, 1.54) is 17.7 Å². The summed E-state index contributed by atoms with van der Waals surface area (Å²) in [4.78, 5) is 4.28. The van der Waals surface area contributed by atoms with Crippen LogP contribution in [0.5, 0.6) is 0 Å². The topological polar surface area (TPSA) is 29.9 Å². The maximum Gasteiger partial charge on any atom is 0.0951 e. The SMILES string of the molecule is CCC(C)c1cncn1CC1=CCNCC1. The van der Waals surface area contributed by atoms with Crippen LogP contribution in [0.4, 0.5) is 0 Å². The van der Waals surface area contributed by atoms with E-state index >= 15 is 0 Å². The van der Waals surface area contributed by atoms with Crippen LogP contribution >= 0.6 is 0 Å². The second-order valence-corrected chi connectivity index (χ2v) is 4.57. The molecule has 3 nitrogen and oxygen atoms in total. The van der Waals surface area contributed by atoms with Gasteiger partial charge in [0.25, 0.3) is 0 Å². The third kappa shape index (κ3) is 2.53. The first-order valence-electron chi connectivity index (χ1n) is 6.20. The minimum atomic E-state index is 0.602. The molecule has 0 aliphatic carbocycles. The van der Waals surface area contributed by atoms with Crippen molar-refractivity contribution in [1.29, 1.82) is 0 Å². The summed E-state index contributed by atoms with van der Waals surface area (Å²) in [6, 6.07) is 0. The molecule has 1 aromatic heterocycles. The number of nitrogens with zero attached hydrogens (tertiary/aromatic N) is 2. The monoisotopic (exact) mass is 219 g/mol. The van der Waals surface area contributed by atoms with Gasteiger partial charge in [0.1, 0.15) is 0 Å². The summed E-state index contributed by atoms with van der Waals surface area (Å²) < 4.78 is 2.30. The van der Waals surface area contributed by atoms with E-state index in [4.69, 9.17) is 0 Å². The van der Waals surface area contributed by atoms with Gasteiger partial charge in [-0.15, -0.1) is 0 Å². The van der Waals surface area contributed by atoms with Gasteiger partial charge in [-0.3, -0.25) is 0 Å². The van der Waals surface area contributed by atoms with Crippen LogP contribution in [0.25, 0.3) is 0 Å². The molecule has 0 fully saturated rings. The van der Waals surface area contributed by atoms with Gasteiger partial charge in [-0.1, -0.05) is 25.5 Å². The highest BCUT2D eigenvalue weighted by molar-refractivity contribution is 5.12. The highest BCUT2D eigenvalue weighted by atomic mass is 15.0. The largest absolute Gasteiger partial charge is 0.330 e. The summed E-state index contributed by atoms with van der Waals surface area (Å²) in [6.45, 7) is 7.64. The van der Waals surface area contributed by atoms with Gasteiger partial charge in [0.05, 0.1) is 6.33 Å². The Morgan fingerprint density at radius 3 is 3.12 bits per heavy atom. The molecule has 1 aliphatic rings. The smallest absolute Gasteiger partial charge is 0.0951 e. The average Bonchev–Trinajstić information content (AvgIpc) is 2.77. The number of hydrogen-bond donors (Lipinski definition) is 1. The van der Waals surface area contributed by atoms with Crippen LogP contribution in [0.15, 0.2) is 24.2 Å². The minimum absolute atomic E-state index is 0.602. The van der Waals surface area contributed by atoms with Crippen LogP contribution in [0.2, 0.25) is 0 Å². The van der Waals surface area contributed by atoms with Crippen LogP contribution in [0.3, 0.4) is 0 Å². The van der Waals surface area contributed by atoms with Crippen LogP contribution in [-0.4, -0.2) is 22.6 Å². The molecule has 0 aromatic carbocycles. The van der Waals surface area contributed by atoms with Crippen LogP contribution in [-0.2, 0) is 6.54 Å². The summed E-state index contributed by atoms with van der Waals surface area (Å²) in [6.07, 6.45) is 8.62. The maximum atomic E-state index is 4.28. The highest BCUT2D eigenvalue weighted by Gasteiger charge is 2.11.